The average molecular weight is 294 g/mol. The van der Waals surface area contributed by atoms with Crippen molar-refractivity contribution in [1.29, 1.82) is 0 Å². The molecule has 0 atom stereocenters. The summed E-state index contributed by atoms with van der Waals surface area (Å²) in [6.45, 7) is 5.28. The van der Waals surface area contributed by atoms with Crippen LogP contribution < -0.4 is 5.69 Å². The highest BCUT2D eigenvalue weighted by molar-refractivity contribution is 7.13. The second-order valence-electron chi connectivity index (χ2n) is 4.28. The van der Waals surface area contributed by atoms with Gasteiger partial charge in [-0.15, -0.1) is 10.2 Å². The van der Waals surface area contributed by atoms with E-state index in [2.05, 4.69) is 15.2 Å². The predicted octanol–water partition coefficient (Wildman–Crippen LogP) is 0.890. The summed E-state index contributed by atoms with van der Waals surface area (Å²) in [6, 6.07) is 0. The molecule has 1 N–H and O–H groups in total. The molecular weight excluding hydrogens is 280 g/mol. The summed E-state index contributed by atoms with van der Waals surface area (Å²) in [5, 5.41) is 18.1. The van der Waals surface area contributed by atoms with E-state index in [0.29, 0.717) is 22.1 Å². The lowest BCUT2D eigenvalue weighted by molar-refractivity contribution is -0.136. The first kappa shape index (κ1) is 14.3. The Morgan fingerprint density at radius 2 is 2.05 bits per heavy atom. The van der Waals surface area contributed by atoms with Gasteiger partial charge >= 0.3 is 11.7 Å². The van der Waals surface area contributed by atoms with Crippen molar-refractivity contribution in [2.45, 2.75) is 33.6 Å². The Hall–Kier alpha value is -2.09. The van der Waals surface area contributed by atoms with Gasteiger partial charge in [-0.25, -0.2) is 9.36 Å². The van der Waals surface area contributed by atoms with Crippen LogP contribution in [-0.2, 0) is 17.6 Å². The second kappa shape index (κ2) is 5.49. The molecule has 0 saturated heterocycles. The third-order valence-corrected chi connectivity index (χ3v) is 3.99. The molecule has 2 rings (SSSR count). The van der Waals surface area contributed by atoms with Gasteiger partial charge in [0.05, 0.1) is 6.42 Å². The number of hydrogen-bond acceptors (Lipinski definition) is 6. The lowest BCUT2D eigenvalue weighted by Gasteiger charge is -2.11. The number of carboxylic acid groups (broad SMARTS) is 1. The molecule has 8 heteroatoms. The summed E-state index contributed by atoms with van der Waals surface area (Å²) in [5.74, 6) is -0.963. The molecule has 7 nitrogen and oxygen atoms in total. The maximum absolute atomic E-state index is 12.0. The zero-order valence-electron chi connectivity index (χ0n) is 11.4. The van der Waals surface area contributed by atoms with Gasteiger partial charge in [0.15, 0.2) is 0 Å². The molecule has 20 heavy (non-hydrogen) atoms. The van der Waals surface area contributed by atoms with Crippen LogP contribution >= 0.6 is 11.3 Å². The highest BCUT2D eigenvalue weighted by Crippen LogP contribution is 2.18. The lowest BCUT2D eigenvalue weighted by Crippen LogP contribution is -2.27. The van der Waals surface area contributed by atoms with Crippen molar-refractivity contribution in [3.05, 3.63) is 32.4 Å². The van der Waals surface area contributed by atoms with E-state index in [1.807, 2.05) is 6.92 Å². The number of aliphatic carboxylic acids is 1. The number of carboxylic acids is 1. The molecule has 0 aliphatic heterocycles. The van der Waals surface area contributed by atoms with Crippen molar-refractivity contribution in [1.82, 2.24) is 19.7 Å². The van der Waals surface area contributed by atoms with E-state index in [4.69, 9.17) is 5.11 Å². The van der Waals surface area contributed by atoms with Crippen molar-refractivity contribution in [3.63, 3.8) is 0 Å². The highest BCUT2D eigenvalue weighted by Gasteiger charge is 2.17. The van der Waals surface area contributed by atoms with Gasteiger partial charge in [-0.3, -0.25) is 4.79 Å². The van der Waals surface area contributed by atoms with Gasteiger partial charge in [0.25, 0.3) is 0 Å². The number of aromatic nitrogens is 4. The first-order chi connectivity index (χ1) is 9.43. The molecule has 0 radical (unpaired) electrons. The van der Waals surface area contributed by atoms with E-state index in [1.54, 1.807) is 13.8 Å². The van der Waals surface area contributed by atoms with E-state index < -0.39 is 11.7 Å². The maximum atomic E-state index is 12.0. The average Bonchev–Trinajstić information content (AvgIpc) is 2.82. The fourth-order valence-corrected chi connectivity index (χ4v) is 2.74. The van der Waals surface area contributed by atoms with Crippen molar-refractivity contribution in [3.8, 4) is 5.13 Å². The van der Waals surface area contributed by atoms with Gasteiger partial charge in [0, 0.05) is 17.0 Å². The molecule has 0 amide bonds. The van der Waals surface area contributed by atoms with Gasteiger partial charge in [-0.1, -0.05) is 18.3 Å². The van der Waals surface area contributed by atoms with Gasteiger partial charge in [0.1, 0.15) is 5.01 Å². The van der Waals surface area contributed by atoms with Gasteiger partial charge in [-0.2, -0.15) is 4.98 Å². The molecule has 0 aliphatic carbocycles. The fraction of sp³-hybridized carbons (Fsp3) is 0.417. The monoisotopic (exact) mass is 294 g/mol. The van der Waals surface area contributed by atoms with Crippen LogP contribution in [0.3, 0.4) is 0 Å². The Bertz CT molecular complexity index is 720. The molecule has 0 fully saturated rings. The summed E-state index contributed by atoms with van der Waals surface area (Å²) >= 11 is 1.30. The first-order valence-corrected chi connectivity index (χ1v) is 6.89. The summed E-state index contributed by atoms with van der Waals surface area (Å²) < 4.78 is 1.32. The van der Waals surface area contributed by atoms with E-state index in [-0.39, 0.29) is 6.42 Å². The van der Waals surface area contributed by atoms with Crippen molar-refractivity contribution < 1.29 is 9.90 Å². The minimum Gasteiger partial charge on any atom is -0.481 e. The Labute approximate surface area is 118 Å². The third kappa shape index (κ3) is 2.60. The van der Waals surface area contributed by atoms with Crippen LogP contribution in [-0.4, -0.2) is 30.8 Å². The van der Waals surface area contributed by atoms with Crippen LogP contribution in [0.2, 0.25) is 0 Å². The third-order valence-electron chi connectivity index (χ3n) is 2.94. The van der Waals surface area contributed by atoms with Gasteiger partial charge in [0.2, 0.25) is 5.13 Å². The Morgan fingerprint density at radius 1 is 1.35 bits per heavy atom. The molecule has 106 valence electrons. The zero-order valence-corrected chi connectivity index (χ0v) is 12.2. The minimum absolute atomic E-state index is 0.176. The quantitative estimate of drug-likeness (QED) is 0.899. The number of rotatable bonds is 4. The highest BCUT2D eigenvalue weighted by atomic mass is 32.1. The predicted molar refractivity (Wildman–Crippen MR) is 73.5 cm³/mol. The molecule has 0 aliphatic rings. The van der Waals surface area contributed by atoms with Crippen LogP contribution in [0.5, 0.6) is 0 Å². The largest absolute Gasteiger partial charge is 0.481 e. The fourth-order valence-electron chi connectivity index (χ4n) is 1.91. The van der Waals surface area contributed by atoms with Crippen LogP contribution in [0.1, 0.15) is 28.9 Å². The lowest BCUT2D eigenvalue weighted by atomic mass is 10.1. The Kier molecular flexibility index (Phi) is 3.93. The topological polar surface area (TPSA) is 98.0 Å². The van der Waals surface area contributed by atoms with Gasteiger partial charge in [-0.05, 0) is 20.3 Å². The van der Waals surface area contributed by atoms with Crippen molar-refractivity contribution in [2.24, 2.45) is 0 Å². The normalized spacial score (nSPS) is 10.8. The van der Waals surface area contributed by atoms with E-state index in [0.717, 1.165) is 11.4 Å². The molecule has 2 aromatic heterocycles. The standard InChI is InChI=1S/C12H14N4O3S/c1-4-9-14-15-12(20-9)16-7(3)8(5-10(17)18)6(2)13-11(16)19/h4-5H2,1-3H3,(H,17,18). The Morgan fingerprint density at radius 3 is 2.60 bits per heavy atom. The van der Waals surface area contributed by atoms with Crippen LogP contribution in [0.25, 0.3) is 5.13 Å². The number of nitrogens with zero attached hydrogens (tertiary/aromatic N) is 4. The minimum atomic E-state index is -0.963. The van der Waals surface area contributed by atoms with E-state index >= 15 is 0 Å². The van der Waals surface area contributed by atoms with Gasteiger partial charge < -0.3 is 5.11 Å². The van der Waals surface area contributed by atoms with Crippen molar-refractivity contribution >= 4 is 17.3 Å². The Balaban J connectivity index is 2.63. The summed E-state index contributed by atoms with van der Waals surface area (Å²) in [7, 11) is 0. The second-order valence-corrected chi connectivity index (χ2v) is 5.32. The molecule has 0 unspecified atom stereocenters. The van der Waals surface area contributed by atoms with Crippen LogP contribution in [0.15, 0.2) is 4.79 Å². The number of aryl methyl sites for hydroxylation is 2. The molecule has 2 heterocycles. The summed E-state index contributed by atoms with van der Waals surface area (Å²) in [5.41, 5.74) is 1.05. The maximum Gasteiger partial charge on any atom is 0.354 e. The van der Waals surface area contributed by atoms with Crippen LogP contribution in [0.4, 0.5) is 0 Å². The summed E-state index contributed by atoms with van der Waals surface area (Å²) in [4.78, 5) is 26.8. The SMILES string of the molecule is CCc1nnc(-n2c(C)c(CC(=O)O)c(C)nc2=O)s1. The first-order valence-electron chi connectivity index (χ1n) is 6.07. The van der Waals surface area contributed by atoms with Crippen LogP contribution in [0, 0.1) is 13.8 Å². The molecular formula is C12H14N4O3S. The molecule has 0 saturated carbocycles. The van der Waals surface area contributed by atoms with E-state index in [9.17, 15) is 9.59 Å². The van der Waals surface area contributed by atoms with Crippen molar-refractivity contribution in [2.75, 3.05) is 0 Å². The zero-order chi connectivity index (χ0) is 14.9. The molecule has 0 spiro atoms. The smallest absolute Gasteiger partial charge is 0.354 e. The summed E-state index contributed by atoms with van der Waals surface area (Å²) in [6.07, 6.45) is 0.553. The molecule has 2 aromatic rings. The number of carbonyl (C=O) groups is 1. The number of hydrogen-bond donors (Lipinski definition) is 1. The van der Waals surface area contributed by atoms with E-state index in [1.165, 1.54) is 15.9 Å². The molecule has 0 aromatic carbocycles. The molecule has 0 bridgehead atoms.